The van der Waals surface area contributed by atoms with E-state index in [1.807, 2.05) is 30.3 Å². The van der Waals surface area contributed by atoms with Gasteiger partial charge in [-0.15, -0.1) is 0 Å². The lowest BCUT2D eigenvalue weighted by Gasteiger charge is -2.15. The molecule has 0 heterocycles. The molecule has 0 fully saturated rings. The molecule has 184 valence electrons. The fourth-order valence-electron chi connectivity index (χ4n) is 3.17. The molecule has 0 aromatic heterocycles. The number of benzene rings is 3. The number of anilines is 2. The van der Waals surface area contributed by atoms with Crippen LogP contribution in [-0.4, -0.2) is 29.7 Å². The fourth-order valence-corrected chi connectivity index (χ4v) is 3.33. The van der Waals surface area contributed by atoms with E-state index in [9.17, 15) is 9.59 Å². The van der Waals surface area contributed by atoms with Crippen molar-refractivity contribution in [3.8, 4) is 11.5 Å². The number of ether oxygens (including phenoxy) is 3. The van der Waals surface area contributed by atoms with E-state index in [0.29, 0.717) is 35.7 Å². The predicted molar refractivity (Wildman–Crippen MR) is 138 cm³/mol. The number of carbonyl (C=O) groups is 2. The molecule has 0 atom stereocenters. The van der Waals surface area contributed by atoms with Crippen LogP contribution in [0.1, 0.15) is 11.1 Å². The van der Waals surface area contributed by atoms with Crippen molar-refractivity contribution in [1.29, 1.82) is 0 Å². The Bertz CT molecular complexity index is 1150. The second kappa shape index (κ2) is 12.5. The number of hydrogen-bond donors (Lipinski definition) is 2. The van der Waals surface area contributed by atoms with E-state index in [4.69, 9.17) is 49.0 Å². The van der Waals surface area contributed by atoms with Gasteiger partial charge in [-0.25, -0.2) is 9.59 Å². The van der Waals surface area contributed by atoms with Crippen molar-refractivity contribution < 1.29 is 23.8 Å². The van der Waals surface area contributed by atoms with Gasteiger partial charge in [0.2, 0.25) is 3.79 Å². The van der Waals surface area contributed by atoms with Gasteiger partial charge in [0.05, 0.1) is 7.11 Å². The van der Waals surface area contributed by atoms with Crippen molar-refractivity contribution in [2.24, 2.45) is 0 Å². The molecule has 0 aliphatic heterocycles. The van der Waals surface area contributed by atoms with Gasteiger partial charge in [-0.2, -0.15) is 0 Å². The molecule has 2 N–H and O–H groups in total. The van der Waals surface area contributed by atoms with Crippen molar-refractivity contribution >= 4 is 58.4 Å². The summed E-state index contributed by atoms with van der Waals surface area (Å²) >= 11 is 16.9. The zero-order chi connectivity index (χ0) is 25.3. The Kier molecular flexibility index (Phi) is 9.48. The number of carbonyl (C=O) groups excluding carboxylic acids is 2. The van der Waals surface area contributed by atoms with Crippen LogP contribution in [-0.2, 0) is 17.6 Å². The molecule has 0 aliphatic rings. The number of rotatable bonds is 8. The molecule has 0 saturated carbocycles. The molecule has 7 nitrogen and oxygen atoms in total. The quantitative estimate of drug-likeness (QED) is 0.302. The highest BCUT2D eigenvalue weighted by atomic mass is 35.6. The third kappa shape index (κ3) is 8.87. The number of alkyl halides is 3. The van der Waals surface area contributed by atoms with Crippen LogP contribution in [0, 0.1) is 0 Å². The minimum atomic E-state index is -1.69. The molecular weight excluding hydrogens is 515 g/mol. The van der Waals surface area contributed by atoms with Crippen LogP contribution in [0.2, 0.25) is 0 Å². The van der Waals surface area contributed by atoms with Crippen LogP contribution >= 0.6 is 34.8 Å². The van der Waals surface area contributed by atoms with Crippen LogP contribution in [0.25, 0.3) is 0 Å². The van der Waals surface area contributed by atoms with Gasteiger partial charge in [0.25, 0.3) is 0 Å². The van der Waals surface area contributed by atoms with E-state index >= 15 is 0 Å². The lowest BCUT2D eigenvalue weighted by molar-refractivity contribution is 0.164. The molecular formula is C25H23Cl3N2O5. The first-order valence-electron chi connectivity index (χ1n) is 10.5. The molecule has 35 heavy (non-hydrogen) atoms. The van der Waals surface area contributed by atoms with Gasteiger partial charge in [0.15, 0.2) is 0 Å². The van der Waals surface area contributed by atoms with Crippen LogP contribution in [0.5, 0.6) is 11.5 Å². The first-order valence-corrected chi connectivity index (χ1v) is 11.7. The van der Waals surface area contributed by atoms with Crippen LogP contribution in [0.15, 0.2) is 72.8 Å². The Morgan fingerprint density at radius 1 is 0.743 bits per heavy atom. The number of hydrogen-bond acceptors (Lipinski definition) is 5. The highest BCUT2D eigenvalue weighted by Gasteiger charge is 2.22. The Morgan fingerprint density at radius 3 is 1.74 bits per heavy atom. The maximum Gasteiger partial charge on any atom is 0.417 e. The van der Waals surface area contributed by atoms with Gasteiger partial charge < -0.3 is 14.2 Å². The largest absolute Gasteiger partial charge is 0.497 e. The van der Waals surface area contributed by atoms with Gasteiger partial charge in [-0.1, -0.05) is 71.2 Å². The third-order valence-corrected chi connectivity index (χ3v) is 5.14. The van der Waals surface area contributed by atoms with Gasteiger partial charge >= 0.3 is 12.2 Å². The lowest BCUT2D eigenvalue weighted by atomic mass is 10.0. The topological polar surface area (TPSA) is 85.9 Å². The van der Waals surface area contributed by atoms with E-state index in [1.165, 1.54) is 0 Å². The smallest absolute Gasteiger partial charge is 0.417 e. The summed E-state index contributed by atoms with van der Waals surface area (Å²) in [5, 5.41) is 5.45. The lowest BCUT2D eigenvalue weighted by Crippen LogP contribution is -2.21. The molecule has 3 aromatic carbocycles. The summed E-state index contributed by atoms with van der Waals surface area (Å²) in [6.07, 6.45) is -0.179. The predicted octanol–water partition coefficient (Wildman–Crippen LogP) is 7.01. The molecule has 0 bridgehead atoms. The van der Waals surface area contributed by atoms with Gasteiger partial charge in [-0.3, -0.25) is 10.6 Å². The Labute approximate surface area is 218 Å². The second-order valence-electron chi connectivity index (χ2n) is 7.32. The number of para-hydroxylation sites is 2. The molecule has 0 saturated heterocycles. The van der Waals surface area contributed by atoms with E-state index in [0.717, 1.165) is 11.1 Å². The van der Waals surface area contributed by atoms with Gasteiger partial charge in [0, 0.05) is 11.4 Å². The number of amides is 2. The number of nitrogens with one attached hydrogen (secondary N) is 2. The van der Waals surface area contributed by atoms with Crippen molar-refractivity contribution in [2.45, 2.75) is 16.6 Å². The zero-order valence-electron chi connectivity index (χ0n) is 18.7. The van der Waals surface area contributed by atoms with Crippen molar-refractivity contribution in [2.75, 3.05) is 24.4 Å². The Balaban J connectivity index is 1.62. The minimum Gasteiger partial charge on any atom is -0.497 e. The summed E-state index contributed by atoms with van der Waals surface area (Å²) in [7, 11) is 1.56. The van der Waals surface area contributed by atoms with Crippen molar-refractivity contribution in [3.63, 3.8) is 0 Å². The Morgan fingerprint density at radius 2 is 1.23 bits per heavy atom. The first-order chi connectivity index (χ1) is 16.7. The standard InChI is InChI=1S/C25H23Cl3N2O5/c1-33-19-12-14-20(15-13-19)35-24(32)30-22-9-5-3-7-18(22)11-10-17-6-2-4-8-21(17)29-23(31)34-16-25(26,27)28/h2-9,12-15H,10-11,16H2,1H3,(H,29,31)(H,30,32). The maximum absolute atomic E-state index is 12.4. The van der Waals surface area contributed by atoms with Gasteiger partial charge in [0.1, 0.15) is 18.1 Å². The summed E-state index contributed by atoms with van der Waals surface area (Å²) < 4.78 is 13.7. The van der Waals surface area contributed by atoms with E-state index in [2.05, 4.69) is 10.6 Å². The molecule has 10 heteroatoms. The second-order valence-corrected chi connectivity index (χ2v) is 9.84. The monoisotopic (exact) mass is 536 g/mol. The average Bonchev–Trinajstić information content (AvgIpc) is 2.83. The number of methoxy groups -OCH3 is 1. The number of aryl methyl sites for hydroxylation is 2. The summed E-state index contributed by atoms with van der Waals surface area (Å²) in [5.41, 5.74) is 2.96. The van der Waals surface area contributed by atoms with Crippen LogP contribution in [0.3, 0.4) is 0 Å². The van der Waals surface area contributed by atoms with E-state index in [-0.39, 0.29) is 6.61 Å². The summed E-state index contributed by atoms with van der Waals surface area (Å²) in [6.45, 7) is -0.378. The van der Waals surface area contributed by atoms with E-state index in [1.54, 1.807) is 49.6 Å². The average molecular weight is 538 g/mol. The first kappa shape index (κ1) is 26.5. The molecule has 2 amide bonds. The minimum absolute atomic E-state index is 0.378. The molecule has 0 radical (unpaired) electrons. The van der Waals surface area contributed by atoms with Crippen LogP contribution < -0.4 is 20.1 Å². The van der Waals surface area contributed by atoms with Crippen LogP contribution in [0.4, 0.5) is 21.0 Å². The van der Waals surface area contributed by atoms with Gasteiger partial charge in [-0.05, 0) is 60.4 Å². The summed E-state index contributed by atoms with van der Waals surface area (Å²) in [5.74, 6) is 1.05. The Hall–Kier alpha value is -3.13. The molecule has 3 rings (SSSR count). The van der Waals surface area contributed by atoms with E-state index < -0.39 is 16.0 Å². The SMILES string of the molecule is COc1ccc(OC(=O)Nc2ccccc2CCc2ccccc2NC(=O)OCC(Cl)(Cl)Cl)cc1. The zero-order valence-corrected chi connectivity index (χ0v) is 21.0. The molecule has 3 aromatic rings. The molecule has 0 spiro atoms. The number of halogens is 3. The highest BCUT2D eigenvalue weighted by molar-refractivity contribution is 6.67. The molecule has 0 aliphatic carbocycles. The maximum atomic E-state index is 12.4. The summed E-state index contributed by atoms with van der Waals surface area (Å²) in [4.78, 5) is 24.5. The third-order valence-electron chi connectivity index (χ3n) is 4.81. The molecule has 0 unspecified atom stereocenters. The normalized spacial score (nSPS) is 10.9. The highest BCUT2D eigenvalue weighted by Crippen LogP contribution is 2.27. The summed E-state index contributed by atoms with van der Waals surface area (Å²) in [6, 6.07) is 21.4. The van der Waals surface area contributed by atoms with Crippen molar-refractivity contribution in [1.82, 2.24) is 0 Å². The van der Waals surface area contributed by atoms with Crippen molar-refractivity contribution in [3.05, 3.63) is 83.9 Å². The fraction of sp³-hybridized carbons (Fsp3) is 0.200.